The molecule has 0 aromatic heterocycles. The molecule has 0 saturated carbocycles. The molecule has 0 fully saturated rings. The molecule has 0 radical (unpaired) electrons. The molecule has 0 atom stereocenters. The molecule has 2 rings (SSSR count). The average molecular weight is 231 g/mol. The molecule has 0 spiro atoms. The minimum absolute atomic E-state index is 0.229. The number of aliphatic carboxylic acids is 1. The van der Waals surface area contributed by atoms with Crippen LogP contribution in [0.3, 0.4) is 0 Å². The predicted octanol–water partition coefficient (Wildman–Crippen LogP) is 0.743. The van der Waals surface area contributed by atoms with Crippen LogP contribution in [0.4, 0.5) is 5.69 Å². The summed E-state index contributed by atoms with van der Waals surface area (Å²) in [5.74, 6) is -1.91. The standard InChI is InChI=1S/C12H9NO4/c14-10-5-6-11(15)13(10)9-4-2-1-3-8(9)7-12(16)17/h1-6H,7H2,(H,16,17). The van der Waals surface area contributed by atoms with E-state index in [1.807, 2.05) is 0 Å². The number of imide groups is 1. The van der Waals surface area contributed by atoms with Gasteiger partial charge in [-0.05, 0) is 11.6 Å². The Balaban J connectivity index is 2.41. The molecule has 1 aromatic rings. The Hall–Kier alpha value is -2.43. The highest BCUT2D eigenvalue weighted by Crippen LogP contribution is 2.24. The molecule has 1 aliphatic heterocycles. The summed E-state index contributed by atoms with van der Waals surface area (Å²) < 4.78 is 0. The summed E-state index contributed by atoms with van der Waals surface area (Å²) >= 11 is 0. The SMILES string of the molecule is O=C(O)Cc1ccccc1N1C(=O)C=CC1=O. The van der Waals surface area contributed by atoms with Crippen LogP contribution in [0.2, 0.25) is 0 Å². The first-order valence-corrected chi connectivity index (χ1v) is 4.95. The monoisotopic (exact) mass is 231 g/mol. The van der Waals surface area contributed by atoms with Gasteiger partial charge >= 0.3 is 5.97 Å². The Labute approximate surface area is 97.0 Å². The minimum Gasteiger partial charge on any atom is -0.481 e. The van der Waals surface area contributed by atoms with E-state index in [0.717, 1.165) is 4.90 Å². The van der Waals surface area contributed by atoms with Gasteiger partial charge in [0.15, 0.2) is 0 Å². The smallest absolute Gasteiger partial charge is 0.307 e. The largest absolute Gasteiger partial charge is 0.481 e. The number of benzene rings is 1. The summed E-state index contributed by atoms with van der Waals surface area (Å²) in [6, 6.07) is 6.46. The van der Waals surface area contributed by atoms with E-state index in [2.05, 4.69) is 0 Å². The fraction of sp³-hybridized carbons (Fsp3) is 0.0833. The number of carboxylic acids is 1. The summed E-state index contributed by atoms with van der Waals surface area (Å²) in [6.07, 6.45) is 2.10. The van der Waals surface area contributed by atoms with E-state index in [-0.39, 0.29) is 6.42 Å². The van der Waals surface area contributed by atoms with Crippen LogP contribution >= 0.6 is 0 Å². The molecule has 0 aliphatic carbocycles. The fourth-order valence-corrected chi connectivity index (χ4v) is 1.68. The molecular formula is C12H9NO4. The Morgan fingerprint density at radius 2 is 1.71 bits per heavy atom. The van der Waals surface area contributed by atoms with Gasteiger partial charge in [0.2, 0.25) is 0 Å². The fourth-order valence-electron chi connectivity index (χ4n) is 1.68. The van der Waals surface area contributed by atoms with Gasteiger partial charge < -0.3 is 5.11 Å². The molecule has 0 saturated heterocycles. The number of para-hydroxylation sites is 1. The zero-order chi connectivity index (χ0) is 12.4. The van der Waals surface area contributed by atoms with E-state index in [0.29, 0.717) is 11.3 Å². The number of carbonyl (C=O) groups is 3. The van der Waals surface area contributed by atoms with Crippen molar-refractivity contribution in [3.8, 4) is 0 Å². The molecule has 1 N–H and O–H groups in total. The Morgan fingerprint density at radius 3 is 2.29 bits per heavy atom. The van der Waals surface area contributed by atoms with Crippen LogP contribution in [-0.2, 0) is 20.8 Å². The number of rotatable bonds is 3. The molecule has 0 bridgehead atoms. The first-order chi connectivity index (χ1) is 8.09. The van der Waals surface area contributed by atoms with Gasteiger partial charge in [-0.15, -0.1) is 0 Å². The topological polar surface area (TPSA) is 74.7 Å². The summed E-state index contributed by atoms with van der Waals surface area (Å²) in [4.78, 5) is 34.7. The van der Waals surface area contributed by atoms with Crippen molar-refractivity contribution in [1.82, 2.24) is 0 Å². The number of carbonyl (C=O) groups excluding carboxylic acids is 2. The zero-order valence-corrected chi connectivity index (χ0v) is 8.79. The maximum absolute atomic E-state index is 11.5. The quantitative estimate of drug-likeness (QED) is 0.778. The van der Waals surface area contributed by atoms with Crippen molar-refractivity contribution in [2.45, 2.75) is 6.42 Å². The van der Waals surface area contributed by atoms with Crippen molar-refractivity contribution < 1.29 is 19.5 Å². The van der Waals surface area contributed by atoms with Gasteiger partial charge in [-0.3, -0.25) is 14.4 Å². The number of amides is 2. The number of carboxylic acid groups (broad SMARTS) is 1. The summed E-state index contributed by atoms with van der Waals surface area (Å²) in [6.45, 7) is 0. The Kier molecular flexibility index (Phi) is 2.74. The lowest BCUT2D eigenvalue weighted by Crippen LogP contribution is -2.30. The second kappa shape index (κ2) is 4.21. The highest BCUT2D eigenvalue weighted by Gasteiger charge is 2.27. The van der Waals surface area contributed by atoms with Crippen LogP contribution in [0.5, 0.6) is 0 Å². The van der Waals surface area contributed by atoms with Crippen molar-refractivity contribution in [3.05, 3.63) is 42.0 Å². The van der Waals surface area contributed by atoms with Crippen LogP contribution in [0, 0.1) is 0 Å². The summed E-state index contributed by atoms with van der Waals surface area (Å²) in [5, 5.41) is 8.76. The molecule has 17 heavy (non-hydrogen) atoms. The highest BCUT2D eigenvalue weighted by atomic mass is 16.4. The number of nitrogens with zero attached hydrogens (tertiary/aromatic N) is 1. The van der Waals surface area contributed by atoms with Crippen molar-refractivity contribution in [3.63, 3.8) is 0 Å². The van der Waals surface area contributed by atoms with Crippen LogP contribution in [0.25, 0.3) is 0 Å². The molecule has 1 aliphatic rings. The first-order valence-electron chi connectivity index (χ1n) is 4.95. The van der Waals surface area contributed by atoms with E-state index in [9.17, 15) is 14.4 Å². The van der Waals surface area contributed by atoms with Gasteiger partial charge in [0, 0.05) is 12.2 Å². The molecule has 86 valence electrons. The Morgan fingerprint density at radius 1 is 1.12 bits per heavy atom. The lowest BCUT2D eigenvalue weighted by atomic mass is 10.1. The highest BCUT2D eigenvalue weighted by molar-refractivity contribution is 6.28. The molecule has 0 unspecified atom stereocenters. The molecule has 1 heterocycles. The van der Waals surface area contributed by atoms with Crippen LogP contribution < -0.4 is 4.90 Å². The lowest BCUT2D eigenvalue weighted by Gasteiger charge is -2.17. The third kappa shape index (κ3) is 2.08. The second-order valence-corrected chi connectivity index (χ2v) is 3.54. The molecular weight excluding hydrogens is 222 g/mol. The maximum Gasteiger partial charge on any atom is 0.307 e. The van der Waals surface area contributed by atoms with Crippen LogP contribution in [0.15, 0.2) is 36.4 Å². The number of hydrogen-bond donors (Lipinski definition) is 1. The summed E-state index contributed by atoms with van der Waals surface area (Å²) in [5.41, 5.74) is 0.764. The van der Waals surface area contributed by atoms with E-state index < -0.39 is 17.8 Å². The first kappa shape index (κ1) is 11.1. The zero-order valence-electron chi connectivity index (χ0n) is 8.79. The van der Waals surface area contributed by atoms with E-state index >= 15 is 0 Å². The Bertz CT molecular complexity index is 515. The van der Waals surface area contributed by atoms with Gasteiger partial charge in [-0.1, -0.05) is 18.2 Å². The predicted molar refractivity (Wildman–Crippen MR) is 59.4 cm³/mol. The number of hydrogen-bond acceptors (Lipinski definition) is 3. The molecule has 5 heteroatoms. The maximum atomic E-state index is 11.5. The van der Waals surface area contributed by atoms with Crippen LogP contribution in [0.1, 0.15) is 5.56 Å². The number of anilines is 1. The van der Waals surface area contributed by atoms with Crippen LogP contribution in [-0.4, -0.2) is 22.9 Å². The van der Waals surface area contributed by atoms with Gasteiger partial charge in [0.05, 0.1) is 12.1 Å². The third-order valence-electron chi connectivity index (χ3n) is 2.38. The van der Waals surface area contributed by atoms with E-state index in [4.69, 9.17) is 5.11 Å². The normalized spacial score (nSPS) is 14.5. The average Bonchev–Trinajstić information content (AvgIpc) is 2.59. The lowest BCUT2D eigenvalue weighted by molar-refractivity contribution is -0.136. The third-order valence-corrected chi connectivity index (χ3v) is 2.38. The van der Waals surface area contributed by atoms with Gasteiger partial charge in [0.25, 0.3) is 11.8 Å². The summed E-state index contributed by atoms with van der Waals surface area (Å²) in [7, 11) is 0. The van der Waals surface area contributed by atoms with E-state index in [1.165, 1.54) is 12.2 Å². The van der Waals surface area contributed by atoms with E-state index in [1.54, 1.807) is 24.3 Å². The van der Waals surface area contributed by atoms with Crippen molar-refractivity contribution >= 4 is 23.5 Å². The molecule has 2 amide bonds. The molecule has 1 aromatic carbocycles. The van der Waals surface area contributed by atoms with Gasteiger partial charge in [0.1, 0.15) is 0 Å². The van der Waals surface area contributed by atoms with Crippen molar-refractivity contribution in [2.24, 2.45) is 0 Å². The molecule has 5 nitrogen and oxygen atoms in total. The second-order valence-electron chi connectivity index (χ2n) is 3.54. The van der Waals surface area contributed by atoms with Gasteiger partial charge in [-0.25, -0.2) is 4.90 Å². The van der Waals surface area contributed by atoms with Crippen molar-refractivity contribution in [2.75, 3.05) is 4.90 Å². The van der Waals surface area contributed by atoms with Gasteiger partial charge in [-0.2, -0.15) is 0 Å². The van der Waals surface area contributed by atoms with Crippen molar-refractivity contribution in [1.29, 1.82) is 0 Å². The minimum atomic E-state index is -1.01.